The van der Waals surface area contributed by atoms with Crippen LogP contribution in [0.5, 0.6) is 11.8 Å². The quantitative estimate of drug-likeness (QED) is 0.200. The number of methoxy groups -OCH3 is 2. The molecule has 4 fully saturated rings. The maximum atomic E-state index is 11.9. The zero-order valence-electron chi connectivity index (χ0n) is 29.4. The van der Waals surface area contributed by atoms with Gasteiger partial charge in [0.15, 0.2) is 0 Å². The van der Waals surface area contributed by atoms with Gasteiger partial charge in [-0.3, -0.25) is 19.4 Å². The van der Waals surface area contributed by atoms with E-state index in [1.54, 1.807) is 14.2 Å². The number of nitrogens with one attached hydrogen (secondary N) is 2. The molecule has 52 heavy (non-hydrogen) atoms. The van der Waals surface area contributed by atoms with Crippen LogP contribution in [0, 0.1) is 0 Å². The highest BCUT2D eigenvalue weighted by atomic mass is 35.5. The first kappa shape index (κ1) is 34.8. The fourth-order valence-corrected chi connectivity index (χ4v) is 9.19. The lowest BCUT2D eigenvalue weighted by Gasteiger charge is -2.24. The van der Waals surface area contributed by atoms with Crippen molar-refractivity contribution in [2.45, 2.75) is 62.7 Å². The van der Waals surface area contributed by atoms with Gasteiger partial charge in [0.25, 0.3) is 0 Å². The number of benzene rings is 2. The molecular weight excluding hydrogens is 699 g/mol. The van der Waals surface area contributed by atoms with Crippen molar-refractivity contribution < 1.29 is 19.1 Å². The first-order chi connectivity index (χ1) is 25.2. The Labute approximate surface area is 313 Å². The fraction of sp³-hybridized carbons (Fsp3) is 0.400. The number of amides is 2. The molecular formula is C40H42Cl2N6O4. The molecule has 270 valence electrons. The van der Waals surface area contributed by atoms with Crippen LogP contribution >= 0.6 is 23.2 Å². The van der Waals surface area contributed by atoms with Gasteiger partial charge < -0.3 is 20.1 Å². The van der Waals surface area contributed by atoms with Gasteiger partial charge in [0, 0.05) is 85.5 Å². The molecule has 8 rings (SSSR count). The number of halogens is 2. The van der Waals surface area contributed by atoms with Gasteiger partial charge in [0.05, 0.1) is 46.7 Å². The number of pyridine rings is 2. The molecule has 2 aromatic heterocycles. The first-order valence-corrected chi connectivity index (χ1v) is 18.7. The number of hydrogen-bond donors (Lipinski definition) is 2. The lowest BCUT2D eigenvalue weighted by Crippen LogP contribution is -2.43. The van der Waals surface area contributed by atoms with Gasteiger partial charge in [-0.15, -0.1) is 0 Å². The predicted octanol–water partition coefficient (Wildman–Crippen LogP) is 6.51. The van der Waals surface area contributed by atoms with Gasteiger partial charge in [0.2, 0.25) is 23.6 Å². The van der Waals surface area contributed by atoms with Crippen molar-refractivity contribution in [2.24, 2.45) is 0 Å². The molecule has 0 radical (unpaired) electrons. The third kappa shape index (κ3) is 6.62. The van der Waals surface area contributed by atoms with Crippen molar-refractivity contribution in [3.63, 3.8) is 0 Å². The summed E-state index contributed by atoms with van der Waals surface area (Å²) in [5.74, 6) is 1.39. The molecule has 0 aliphatic carbocycles. The Morgan fingerprint density at radius 2 is 1.06 bits per heavy atom. The number of carbonyl (C=O) groups is 2. The van der Waals surface area contributed by atoms with E-state index < -0.39 is 0 Å². The van der Waals surface area contributed by atoms with Gasteiger partial charge in [-0.1, -0.05) is 71.7 Å². The summed E-state index contributed by atoms with van der Waals surface area (Å²) in [6, 6.07) is 19.8. The minimum atomic E-state index is -0.107. The molecule has 6 heterocycles. The van der Waals surface area contributed by atoms with Crippen LogP contribution in [-0.2, 0) is 22.7 Å². The van der Waals surface area contributed by atoms with Crippen LogP contribution in [0.3, 0.4) is 0 Å². The first-order valence-electron chi connectivity index (χ1n) is 17.9. The molecule has 12 heteroatoms. The number of rotatable bonds is 9. The van der Waals surface area contributed by atoms with Crippen LogP contribution in [0.15, 0.2) is 60.7 Å². The number of hydrogen-bond acceptors (Lipinski definition) is 8. The van der Waals surface area contributed by atoms with E-state index in [9.17, 15) is 9.59 Å². The highest BCUT2D eigenvalue weighted by Gasteiger charge is 2.44. The summed E-state index contributed by atoms with van der Waals surface area (Å²) in [6.45, 7) is 4.83. The SMILES string of the molecule is COc1nc(-c2cccc(-c3cccc(-c4ccc(CN5CC[C@]6(CCC(=O)N6)C5)c(OC)n4)c3Cl)c2Cl)ccc1CN1CC[C@@]2(CCC(=O)N2)C1. The van der Waals surface area contributed by atoms with Crippen molar-refractivity contribution in [1.29, 1.82) is 0 Å². The fourth-order valence-electron chi connectivity index (χ4n) is 8.54. The Hall–Kier alpha value is -4.22. The monoisotopic (exact) mass is 740 g/mol. The van der Waals surface area contributed by atoms with E-state index in [-0.39, 0.29) is 22.9 Å². The Morgan fingerprint density at radius 1 is 0.635 bits per heavy atom. The number of nitrogens with zero attached hydrogens (tertiary/aromatic N) is 4. The van der Waals surface area contributed by atoms with Crippen LogP contribution < -0.4 is 20.1 Å². The summed E-state index contributed by atoms with van der Waals surface area (Å²) < 4.78 is 11.5. The Morgan fingerprint density at radius 3 is 1.44 bits per heavy atom. The molecule has 4 aliphatic rings. The summed E-state index contributed by atoms with van der Waals surface area (Å²) in [5, 5.41) is 7.47. The summed E-state index contributed by atoms with van der Waals surface area (Å²) in [5.41, 5.74) is 6.24. The van der Waals surface area contributed by atoms with E-state index in [4.69, 9.17) is 42.6 Å². The van der Waals surface area contributed by atoms with E-state index in [0.717, 1.165) is 85.2 Å². The normalized spacial score (nSPS) is 23.2. The summed E-state index contributed by atoms with van der Waals surface area (Å²) in [7, 11) is 3.27. The van der Waals surface area contributed by atoms with Gasteiger partial charge in [-0.2, -0.15) is 0 Å². The molecule has 2 atom stereocenters. The van der Waals surface area contributed by atoms with Crippen LogP contribution in [-0.4, -0.2) is 83.1 Å². The van der Waals surface area contributed by atoms with Crippen LogP contribution in [0.25, 0.3) is 33.6 Å². The molecule has 4 aliphatic heterocycles. The van der Waals surface area contributed by atoms with E-state index in [1.807, 2.05) is 60.7 Å². The summed E-state index contributed by atoms with van der Waals surface area (Å²) in [4.78, 5) is 38.3. The Bertz CT molecular complexity index is 1920. The molecule has 2 amide bonds. The smallest absolute Gasteiger partial charge is 0.220 e. The maximum absolute atomic E-state index is 11.9. The Balaban J connectivity index is 1.02. The second-order valence-corrected chi connectivity index (χ2v) is 15.4. The van der Waals surface area contributed by atoms with E-state index in [2.05, 4.69) is 20.4 Å². The molecule has 0 unspecified atom stereocenters. The van der Waals surface area contributed by atoms with E-state index >= 15 is 0 Å². The maximum Gasteiger partial charge on any atom is 0.220 e. The molecule has 4 aromatic rings. The van der Waals surface area contributed by atoms with Gasteiger partial charge in [0.1, 0.15) is 0 Å². The predicted molar refractivity (Wildman–Crippen MR) is 201 cm³/mol. The van der Waals surface area contributed by atoms with Crippen molar-refractivity contribution in [1.82, 2.24) is 30.4 Å². The van der Waals surface area contributed by atoms with Crippen molar-refractivity contribution in [3.05, 3.63) is 81.8 Å². The van der Waals surface area contributed by atoms with Crippen molar-refractivity contribution in [3.8, 4) is 45.4 Å². The zero-order chi connectivity index (χ0) is 36.0. The summed E-state index contributed by atoms with van der Waals surface area (Å²) in [6.07, 6.45) is 4.89. The topological polar surface area (TPSA) is 109 Å². The minimum absolute atomic E-state index is 0.107. The van der Waals surface area contributed by atoms with Crippen molar-refractivity contribution >= 4 is 35.0 Å². The number of aromatic nitrogens is 2. The molecule has 4 saturated heterocycles. The van der Waals surface area contributed by atoms with Crippen LogP contribution in [0.1, 0.15) is 49.7 Å². The lowest BCUT2D eigenvalue weighted by molar-refractivity contribution is -0.120. The third-order valence-corrected chi connectivity index (χ3v) is 12.0. The second kappa shape index (κ2) is 14.0. The second-order valence-electron chi connectivity index (χ2n) is 14.6. The summed E-state index contributed by atoms with van der Waals surface area (Å²) >= 11 is 14.3. The standard InChI is InChI=1S/C40H42Cl2N6O4/c1-51-37-25(21-47-19-17-39(23-47)15-13-33(49)45-39)9-11-31(43-37)29-7-3-5-27(35(29)41)28-6-4-8-30(36(28)42)32-12-10-26(38(44-32)52-2)22-48-20-18-40(24-48)16-14-34(50)46-40/h3-12H,13-24H2,1-2H3,(H,45,49)(H,46,50)/t39-,40+. The Kier molecular flexibility index (Phi) is 9.36. The molecule has 10 nitrogen and oxygen atoms in total. The van der Waals surface area contributed by atoms with Gasteiger partial charge in [-0.05, 0) is 37.8 Å². The molecule has 0 saturated carbocycles. The molecule has 0 bridgehead atoms. The van der Waals surface area contributed by atoms with Crippen LogP contribution in [0.2, 0.25) is 10.0 Å². The number of carbonyl (C=O) groups excluding carboxylic acids is 2. The van der Waals surface area contributed by atoms with Crippen molar-refractivity contribution in [2.75, 3.05) is 40.4 Å². The minimum Gasteiger partial charge on any atom is -0.481 e. The third-order valence-electron chi connectivity index (χ3n) is 11.2. The van der Waals surface area contributed by atoms with E-state index in [0.29, 0.717) is 59.1 Å². The lowest BCUT2D eigenvalue weighted by atomic mass is 9.97. The molecule has 2 aromatic carbocycles. The van der Waals surface area contributed by atoms with Gasteiger partial charge >= 0.3 is 0 Å². The number of likely N-dealkylation sites (tertiary alicyclic amines) is 2. The van der Waals surface area contributed by atoms with Crippen LogP contribution in [0.4, 0.5) is 0 Å². The largest absolute Gasteiger partial charge is 0.481 e. The average molecular weight is 742 g/mol. The highest BCUT2D eigenvalue weighted by Crippen LogP contribution is 2.43. The van der Waals surface area contributed by atoms with E-state index in [1.165, 1.54) is 0 Å². The number of ether oxygens (including phenoxy) is 2. The highest BCUT2D eigenvalue weighted by molar-refractivity contribution is 6.39. The average Bonchev–Trinajstić information content (AvgIpc) is 3.93. The van der Waals surface area contributed by atoms with Gasteiger partial charge in [-0.25, -0.2) is 9.97 Å². The molecule has 2 spiro atoms. The zero-order valence-corrected chi connectivity index (χ0v) is 30.9. The molecule has 2 N–H and O–H groups in total.